The van der Waals surface area contributed by atoms with Crippen molar-refractivity contribution < 1.29 is 18.0 Å². The van der Waals surface area contributed by atoms with Crippen LogP contribution in [0, 0.1) is 0 Å². The summed E-state index contributed by atoms with van der Waals surface area (Å²) in [5.74, 6) is -0.109. The standard InChI is InChI=1S/C19H27N3O4S/c1-16(23)20-12-14-21(15-13-20)19(24)17-6-8-18(9-7-17)27(25,26)22-10-4-2-3-5-11-22/h6-9H,2-5,10-15H2,1H3. The van der Waals surface area contributed by atoms with E-state index in [1.165, 1.54) is 19.1 Å². The maximum Gasteiger partial charge on any atom is 0.253 e. The van der Waals surface area contributed by atoms with Crippen LogP contribution in [-0.4, -0.2) is 73.6 Å². The number of hydrogen-bond acceptors (Lipinski definition) is 4. The molecular weight excluding hydrogens is 366 g/mol. The zero-order chi connectivity index (χ0) is 19.4. The Hall–Kier alpha value is -1.93. The smallest absolute Gasteiger partial charge is 0.253 e. The molecule has 0 unspecified atom stereocenters. The van der Waals surface area contributed by atoms with Crippen molar-refractivity contribution in [2.45, 2.75) is 37.5 Å². The molecule has 2 aliphatic rings. The molecule has 0 aliphatic carbocycles. The Kier molecular flexibility index (Phi) is 6.16. The summed E-state index contributed by atoms with van der Waals surface area (Å²) in [6, 6.07) is 6.23. The molecular formula is C19H27N3O4S. The molecule has 7 nitrogen and oxygen atoms in total. The molecule has 0 atom stereocenters. The second kappa shape index (κ2) is 8.39. The van der Waals surface area contributed by atoms with Crippen LogP contribution in [0.2, 0.25) is 0 Å². The Morgan fingerprint density at radius 2 is 1.30 bits per heavy atom. The third-order valence-corrected chi connectivity index (χ3v) is 7.23. The van der Waals surface area contributed by atoms with Crippen LogP contribution < -0.4 is 0 Å². The van der Waals surface area contributed by atoms with E-state index in [1.54, 1.807) is 26.2 Å². The third-order valence-electron chi connectivity index (χ3n) is 5.32. The minimum absolute atomic E-state index is 0.0187. The Labute approximate surface area is 161 Å². The first-order valence-electron chi connectivity index (χ1n) is 9.54. The van der Waals surface area contributed by atoms with Crippen LogP contribution in [-0.2, 0) is 14.8 Å². The molecule has 0 saturated carbocycles. The molecule has 0 aromatic heterocycles. The van der Waals surface area contributed by atoms with Gasteiger partial charge in [0.25, 0.3) is 5.91 Å². The van der Waals surface area contributed by atoms with Crippen molar-refractivity contribution in [3.8, 4) is 0 Å². The quantitative estimate of drug-likeness (QED) is 0.781. The first-order valence-corrected chi connectivity index (χ1v) is 11.0. The summed E-state index contributed by atoms with van der Waals surface area (Å²) in [6.07, 6.45) is 3.91. The van der Waals surface area contributed by atoms with Crippen molar-refractivity contribution in [1.29, 1.82) is 0 Å². The van der Waals surface area contributed by atoms with Crippen molar-refractivity contribution in [1.82, 2.24) is 14.1 Å². The van der Waals surface area contributed by atoms with Gasteiger partial charge in [-0.15, -0.1) is 0 Å². The Balaban J connectivity index is 1.68. The van der Waals surface area contributed by atoms with Crippen LogP contribution in [0.3, 0.4) is 0 Å². The van der Waals surface area contributed by atoms with Crippen LogP contribution >= 0.6 is 0 Å². The van der Waals surface area contributed by atoms with Crippen molar-refractivity contribution in [2.75, 3.05) is 39.3 Å². The number of piperazine rings is 1. The van der Waals surface area contributed by atoms with E-state index in [0.717, 1.165) is 25.7 Å². The van der Waals surface area contributed by atoms with Crippen LogP contribution in [0.1, 0.15) is 43.0 Å². The number of hydrogen-bond donors (Lipinski definition) is 0. The first-order chi connectivity index (χ1) is 12.9. The van der Waals surface area contributed by atoms with Crippen LogP contribution in [0.5, 0.6) is 0 Å². The maximum absolute atomic E-state index is 12.8. The maximum atomic E-state index is 12.8. The van der Waals surface area contributed by atoms with Gasteiger partial charge in [-0.1, -0.05) is 12.8 Å². The van der Waals surface area contributed by atoms with Gasteiger partial charge in [-0.3, -0.25) is 9.59 Å². The lowest BCUT2D eigenvalue weighted by Gasteiger charge is -2.34. The molecule has 8 heteroatoms. The van der Waals surface area contributed by atoms with Gasteiger partial charge < -0.3 is 9.80 Å². The number of carbonyl (C=O) groups is 2. The monoisotopic (exact) mass is 393 g/mol. The number of sulfonamides is 1. The van der Waals surface area contributed by atoms with Gasteiger partial charge in [-0.05, 0) is 37.1 Å². The minimum atomic E-state index is -3.51. The lowest BCUT2D eigenvalue weighted by Crippen LogP contribution is -2.50. The highest BCUT2D eigenvalue weighted by Crippen LogP contribution is 2.21. The number of nitrogens with zero attached hydrogens (tertiary/aromatic N) is 3. The molecule has 2 saturated heterocycles. The second-order valence-electron chi connectivity index (χ2n) is 7.14. The topological polar surface area (TPSA) is 78.0 Å². The highest BCUT2D eigenvalue weighted by molar-refractivity contribution is 7.89. The number of amides is 2. The highest BCUT2D eigenvalue weighted by atomic mass is 32.2. The van der Waals surface area contributed by atoms with Gasteiger partial charge in [0.1, 0.15) is 0 Å². The van der Waals surface area contributed by atoms with E-state index in [4.69, 9.17) is 0 Å². The molecule has 0 radical (unpaired) electrons. The van der Waals surface area contributed by atoms with Crippen LogP contribution in [0.25, 0.3) is 0 Å². The van der Waals surface area contributed by atoms with Crippen molar-refractivity contribution >= 4 is 21.8 Å². The van der Waals surface area contributed by atoms with E-state index in [0.29, 0.717) is 44.8 Å². The average Bonchev–Trinajstić information content (AvgIpc) is 2.98. The predicted molar refractivity (Wildman–Crippen MR) is 102 cm³/mol. The van der Waals surface area contributed by atoms with E-state index in [2.05, 4.69) is 0 Å². The Morgan fingerprint density at radius 3 is 1.81 bits per heavy atom. The molecule has 3 rings (SSSR count). The van der Waals surface area contributed by atoms with Gasteiger partial charge in [0.2, 0.25) is 15.9 Å². The number of benzene rings is 1. The van der Waals surface area contributed by atoms with E-state index >= 15 is 0 Å². The summed E-state index contributed by atoms with van der Waals surface area (Å²) in [6.45, 7) is 4.69. The summed E-state index contributed by atoms with van der Waals surface area (Å²) < 4.78 is 27.2. The molecule has 0 N–H and O–H groups in total. The molecule has 27 heavy (non-hydrogen) atoms. The lowest BCUT2D eigenvalue weighted by molar-refractivity contribution is -0.130. The van der Waals surface area contributed by atoms with Crippen LogP contribution in [0.4, 0.5) is 0 Å². The molecule has 2 amide bonds. The van der Waals surface area contributed by atoms with Crippen molar-refractivity contribution in [3.05, 3.63) is 29.8 Å². The largest absolute Gasteiger partial charge is 0.339 e. The van der Waals surface area contributed by atoms with Gasteiger partial charge in [-0.2, -0.15) is 4.31 Å². The zero-order valence-corrected chi connectivity index (χ0v) is 16.6. The van der Waals surface area contributed by atoms with E-state index in [9.17, 15) is 18.0 Å². The summed E-state index contributed by atoms with van der Waals surface area (Å²) in [5.41, 5.74) is 0.473. The second-order valence-corrected chi connectivity index (χ2v) is 9.08. The molecule has 0 spiro atoms. The third kappa shape index (κ3) is 4.50. The summed E-state index contributed by atoms with van der Waals surface area (Å²) in [7, 11) is -3.51. The predicted octanol–water partition coefficient (Wildman–Crippen LogP) is 1.56. The summed E-state index contributed by atoms with van der Waals surface area (Å²) in [5, 5.41) is 0. The summed E-state index contributed by atoms with van der Waals surface area (Å²) >= 11 is 0. The van der Waals surface area contributed by atoms with Crippen LogP contribution in [0.15, 0.2) is 29.2 Å². The molecule has 1 aromatic rings. The highest BCUT2D eigenvalue weighted by Gasteiger charge is 2.26. The van der Waals surface area contributed by atoms with E-state index < -0.39 is 10.0 Å². The average molecular weight is 394 g/mol. The molecule has 2 heterocycles. The van der Waals surface area contributed by atoms with Crippen molar-refractivity contribution in [2.24, 2.45) is 0 Å². The van der Waals surface area contributed by atoms with Gasteiger partial charge >= 0.3 is 0 Å². The minimum Gasteiger partial charge on any atom is -0.339 e. The van der Waals surface area contributed by atoms with Gasteiger partial charge in [0.15, 0.2) is 0 Å². The molecule has 2 aliphatic heterocycles. The lowest BCUT2D eigenvalue weighted by atomic mass is 10.2. The fourth-order valence-corrected chi connectivity index (χ4v) is 5.12. The van der Waals surface area contributed by atoms with Gasteiger partial charge in [0, 0.05) is 51.8 Å². The first kappa shape index (κ1) is 19.8. The van der Waals surface area contributed by atoms with E-state index in [1.807, 2.05) is 0 Å². The fourth-order valence-electron chi connectivity index (χ4n) is 3.61. The normalized spacial score (nSPS) is 19.6. The Morgan fingerprint density at radius 1 is 0.778 bits per heavy atom. The SMILES string of the molecule is CC(=O)N1CCN(C(=O)c2ccc(S(=O)(=O)N3CCCCCC3)cc2)CC1. The molecule has 148 valence electrons. The van der Waals surface area contributed by atoms with Crippen molar-refractivity contribution in [3.63, 3.8) is 0 Å². The molecule has 1 aromatic carbocycles. The molecule has 2 fully saturated rings. The fraction of sp³-hybridized carbons (Fsp3) is 0.579. The zero-order valence-electron chi connectivity index (χ0n) is 15.8. The van der Waals surface area contributed by atoms with Gasteiger partial charge in [-0.25, -0.2) is 8.42 Å². The molecule has 0 bridgehead atoms. The number of carbonyl (C=O) groups excluding carboxylic acids is 2. The van der Waals surface area contributed by atoms with Gasteiger partial charge in [0.05, 0.1) is 4.90 Å². The van der Waals surface area contributed by atoms with E-state index in [-0.39, 0.29) is 16.7 Å². The Bertz CT molecular complexity index is 776. The number of rotatable bonds is 3. The summed E-state index contributed by atoms with van der Waals surface area (Å²) in [4.78, 5) is 27.7.